The Morgan fingerprint density at radius 2 is 1.95 bits per heavy atom. The molecule has 0 radical (unpaired) electrons. The second kappa shape index (κ2) is 4.72. The maximum Gasteiger partial charge on any atom is 0.195 e. The molecule has 1 aromatic heterocycles. The van der Waals surface area contributed by atoms with E-state index in [1.807, 2.05) is 24.3 Å². The highest BCUT2D eigenvalue weighted by molar-refractivity contribution is 5.72. The van der Waals surface area contributed by atoms with Crippen LogP contribution in [-0.2, 0) is 12.8 Å². The topological polar surface area (TPSA) is 52.0 Å². The van der Waals surface area contributed by atoms with E-state index in [0.717, 1.165) is 17.7 Å². The summed E-state index contributed by atoms with van der Waals surface area (Å²) in [6.07, 6.45) is 1.40. The zero-order valence-corrected chi connectivity index (χ0v) is 10.3. The number of nitrogens with zero attached hydrogens (tertiary/aromatic N) is 1. The minimum absolute atomic E-state index is 0.317. The van der Waals surface area contributed by atoms with Crippen molar-refractivity contribution < 1.29 is 8.81 Å². The molecule has 0 aliphatic carbocycles. The van der Waals surface area contributed by atoms with Crippen molar-refractivity contribution in [2.24, 2.45) is 0 Å². The number of fused-ring (bicyclic) bond motifs is 1. The largest absolute Gasteiger partial charge is 0.441 e. The van der Waals surface area contributed by atoms with Crippen LogP contribution in [0.25, 0.3) is 11.1 Å². The van der Waals surface area contributed by atoms with Crippen LogP contribution < -0.4 is 5.73 Å². The van der Waals surface area contributed by atoms with E-state index in [-0.39, 0.29) is 5.82 Å². The van der Waals surface area contributed by atoms with Crippen molar-refractivity contribution in [1.82, 2.24) is 4.98 Å². The molecule has 0 saturated heterocycles. The molecule has 0 bridgehead atoms. The summed E-state index contributed by atoms with van der Waals surface area (Å²) in [4.78, 5) is 4.32. The Bertz CT molecular complexity index is 721. The van der Waals surface area contributed by atoms with Gasteiger partial charge in [0.2, 0.25) is 0 Å². The van der Waals surface area contributed by atoms with Gasteiger partial charge in [0.15, 0.2) is 11.5 Å². The van der Waals surface area contributed by atoms with Crippen LogP contribution in [-0.4, -0.2) is 4.98 Å². The minimum Gasteiger partial charge on any atom is -0.441 e. The predicted octanol–water partition coefficient (Wildman–Crippen LogP) is 3.33. The van der Waals surface area contributed by atoms with Crippen molar-refractivity contribution in [3.63, 3.8) is 0 Å². The predicted molar refractivity (Wildman–Crippen MR) is 72.2 cm³/mol. The van der Waals surface area contributed by atoms with Crippen molar-refractivity contribution in [2.45, 2.75) is 12.8 Å². The highest BCUT2D eigenvalue weighted by Gasteiger charge is 2.07. The molecule has 19 heavy (non-hydrogen) atoms. The molecule has 1 heterocycles. The summed E-state index contributed by atoms with van der Waals surface area (Å²) in [5.74, 6) is 0.284. The van der Waals surface area contributed by atoms with Crippen LogP contribution in [0, 0.1) is 5.82 Å². The van der Waals surface area contributed by atoms with E-state index in [9.17, 15) is 4.39 Å². The Balaban J connectivity index is 1.80. The molecule has 0 unspecified atom stereocenters. The fourth-order valence-electron chi connectivity index (χ4n) is 2.06. The van der Waals surface area contributed by atoms with Gasteiger partial charge in [-0.3, -0.25) is 0 Å². The first kappa shape index (κ1) is 11.7. The molecule has 0 fully saturated rings. The van der Waals surface area contributed by atoms with E-state index in [4.69, 9.17) is 10.2 Å². The van der Waals surface area contributed by atoms with Crippen molar-refractivity contribution >= 4 is 16.8 Å². The molecule has 2 N–H and O–H groups in total. The fourth-order valence-corrected chi connectivity index (χ4v) is 2.06. The molecule has 3 rings (SSSR count). The number of hydrogen-bond donors (Lipinski definition) is 1. The van der Waals surface area contributed by atoms with Gasteiger partial charge in [0, 0.05) is 18.2 Å². The summed E-state index contributed by atoms with van der Waals surface area (Å²) in [5, 5.41) is 0. The lowest BCUT2D eigenvalue weighted by molar-refractivity contribution is 0.525. The highest BCUT2D eigenvalue weighted by atomic mass is 19.1. The van der Waals surface area contributed by atoms with Crippen LogP contribution in [0.5, 0.6) is 0 Å². The van der Waals surface area contributed by atoms with Gasteiger partial charge in [0.1, 0.15) is 11.3 Å². The van der Waals surface area contributed by atoms with E-state index >= 15 is 0 Å². The molecule has 0 saturated carbocycles. The summed E-state index contributed by atoms with van der Waals surface area (Å²) >= 11 is 0. The number of nitrogens with two attached hydrogens (primary N) is 1. The minimum atomic E-state index is -0.317. The third kappa shape index (κ3) is 2.42. The second-order valence-electron chi connectivity index (χ2n) is 4.42. The Morgan fingerprint density at radius 1 is 1.11 bits per heavy atom. The number of hydrogen-bond acceptors (Lipinski definition) is 3. The number of oxazole rings is 1. The fraction of sp³-hybridized carbons (Fsp3) is 0.133. The smallest absolute Gasteiger partial charge is 0.195 e. The summed E-state index contributed by atoms with van der Waals surface area (Å²) < 4.78 is 18.6. The molecule has 0 amide bonds. The molecule has 0 aliphatic rings. The lowest BCUT2D eigenvalue weighted by Crippen LogP contribution is -1.96. The highest BCUT2D eigenvalue weighted by Crippen LogP contribution is 2.19. The monoisotopic (exact) mass is 256 g/mol. The Kier molecular flexibility index (Phi) is 2.91. The van der Waals surface area contributed by atoms with Gasteiger partial charge in [-0.15, -0.1) is 0 Å². The van der Waals surface area contributed by atoms with E-state index < -0.39 is 0 Å². The summed E-state index contributed by atoms with van der Waals surface area (Å²) in [7, 11) is 0. The van der Waals surface area contributed by atoms with Gasteiger partial charge in [-0.1, -0.05) is 18.2 Å². The maximum absolute atomic E-state index is 13.0. The lowest BCUT2D eigenvalue weighted by Gasteiger charge is -2.02. The molecular weight excluding hydrogens is 243 g/mol. The maximum atomic E-state index is 13.0. The zero-order chi connectivity index (χ0) is 13.2. The average molecular weight is 256 g/mol. The molecule has 0 aliphatic heterocycles. The van der Waals surface area contributed by atoms with Gasteiger partial charge in [-0.2, -0.15) is 0 Å². The van der Waals surface area contributed by atoms with Crippen LogP contribution in [0.2, 0.25) is 0 Å². The van der Waals surface area contributed by atoms with Crippen LogP contribution in [0.4, 0.5) is 10.1 Å². The number of rotatable bonds is 3. The number of benzene rings is 2. The SMILES string of the molecule is Nc1ccccc1CCc1nc2ccc(F)cc2o1. The summed E-state index contributed by atoms with van der Waals surface area (Å²) in [6.45, 7) is 0. The molecule has 3 aromatic rings. The molecule has 2 aromatic carbocycles. The lowest BCUT2D eigenvalue weighted by atomic mass is 10.1. The normalized spacial score (nSPS) is 11.0. The first-order valence-electron chi connectivity index (χ1n) is 6.11. The number of anilines is 1. The van der Waals surface area contributed by atoms with E-state index in [2.05, 4.69) is 4.98 Å². The first-order valence-corrected chi connectivity index (χ1v) is 6.11. The van der Waals surface area contributed by atoms with E-state index in [1.54, 1.807) is 6.07 Å². The number of halogens is 1. The Labute approximate surface area is 109 Å². The quantitative estimate of drug-likeness (QED) is 0.731. The third-order valence-electron chi connectivity index (χ3n) is 3.06. The van der Waals surface area contributed by atoms with Gasteiger partial charge < -0.3 is 10.2 Å². The van der Waals surface area contributed by atoms with E-state index in [0.29, 0.717) is 23.4 Å². The molecular formula is C15H13FN2O. The average Bonchev–Trinajstić information content (AvgIpc) is 2.79. The van der Waals surface area contributed by atoms with Gasteiger partial charge in [-0.25, -0.2) is 9.37 Å². The summed E-state index contributed by atoms with van der Waals surface area (Å²) in [6, 6.07) is 12.1. The number of para-hydroxylation sites is 1. The zero-order valence-electron chi connectivity index (χ0n) is 10.3. The van der Waals surface area contributed by atoms with Crippen LogP contribution in [0.15, 0.2) is 46.9 Å². The second-order valence-corrected chi connectivity index (χ2v) is 4.42. The van der Waals surface area contributed by atoms with Gasteiger partial charge in [0.05, 0.1) is 0 Å². The summed E-state index contributed by atoms with van der Waals surface area (Å²) in [5.41, 5.74) is 8.87. The van der Waals surface area contributed by atoms with Crippen LogP contribution >= 0.6 is 0 Å². The molecule has 3 nitrogen and oxygen atoms in total. The van der Waals surface area contributed by atoms with Crippen LogP contribution in [0.1, 0.15) is 11.5 Å². The van der Waals surface area contributed by atoms with Crippen molar-refractivity contribution in [3.8, 4) is 0 Å². The number of aromatic nitrogens is 1. The van der Waals surface area contributed by atoms with E-state index in [1.165, 1.54) is 12.1 Å². The Morgan fingerprint density at radius 3 is 2.79 bits per heavy atom. The third-order valence-corrected chi connectivity index (χ3v) is 3.06. The number of aryl methyl sites for hydroxylation is 2. The first-order chi connectivity index (χ1) is 9.22. The molecule has 4 heteroatoms. The molecule has 0 atom stereocenters. The van der Waals surface area contributed by atoms with Gasteiger partial charge in [0.25, 0.3) is 0 Å². The van der Waals surface area contributed by atoms with Crippen molar-refractivity contribution in [1.29, 1.82) is 0 Å². The van der Waals surface area contributed by atoms with Crippen molar-refractivity contribution in [3.05, 3.63) is 59.7 Å². The van der Waals surface area contributed by atoms with Crippen LogP contribution in [0.3, 0.4) is 0 Å². The van der Waals surface area contributed by atoms with Crippen molar-refractivity contribution in [2.75, 3.05) is 5.73 Å². The Hall–Kier alpha value is -2.36. The number of nitrogen functional groups attached to an aromatic ring is 1. The van der Waals surface area contributed by atoms with Gasteiger partial charge >= 0.3 is 0 Å². The van der Waals surface area contributed by atoms with Gasteiger partial charge in [-0.05, 0) is 30.2 Å². The molecule has 0 spiro atoms. The standard InChI is InChI=1S/C15H13FN2O/c16-11-6-7-13-14(9-11)19-15(18-13)8-5-10-3-1-2-4-12(10)17/h1-4,6-7,9H,5,8,17H2. The molecule has 96 valence electrons.